The van der Waals surface area contributed by atoms with Crippen molar-refractivity contribution in [1.29, 1.82) is 0 Å². The van der Waals surface area contributed by atoms with Gasteiger partial charge in [0.1, 0.15) is 5.75 Å². The zero-order valence-electron chi connectivity index (χ0n) is 17.2. The Morgan fingerprint density at radius 2 is 1.47 bits per heavy atom. The molecule has 0 atom stereocenters. The van der Waals surface area contributed by atoms with Crippen LogP contribution in [0, 0.1) is 0 Å². The number of anilines is 1. The van der Waals surface area contributed by atoms with Crippen molar-refractivity contribution < 1.29 is 21.6 Å². The average Bonchev–Trinajstić information content (AvgIpc) is 2.74. The smallest absolute Gasteiger partial charge is 0.261 e. The van der Waals surface area contributed by atoms with Crippen molar-refractivity contribution >= 4 is 25.7 Å². The first-order chi connectivity index (χ1) is 14.2. The summed E-state index contributed by atoms with van der Waals surface area (Å²) in [5.74, 6) is 0.591. The number of ether oxygens (including phenoxy) is 1. The lowest BCUT2D eigenvalue weighted by molar-refractivity contribution is 0.286. The molecule has 1 aliphatic rings. The largest absolute Gasteiger partial charge is 0.494 e. The van der Waals surface area contributed by atoms with Crippen LogP contribution < -0.4 is 9.46 Å². The van der Waals surface area contributed by atoms with Crippen LogP contribution in [0.15, 0.2) is 58.3 Å². The summed E-state index contributed by atoms with van der Waals surface area (Å²) < 4.78 is 60.3. The minimum atomic E-state index is -3.79. The summed E-state index contributed by atoms with van der Waals surface area (Å²) in [6.07, 6.45) is 4.96. The van der Waals surface area contributed by atoms with Gasteiger partial charge in [0, 0.05) is 18.8 Å². The second-order valence-electron chi connectivity index (χ2n) is 7.35. The summed E-state index contributed by atoms with van der Waals surface area (Å²) in [6, 6.07) is 11.9. The molecule has 3 rings (SSSR count). The predicted molar refractivity (Wildman–Crippen MR) is 117 cm³/mol. The molecule has 2 aromatic carbocycles. The second kappa shape index (κ2) is 9.36. The topological polar surface area (TPSA) is 92.8 Å². The molecule has 0 amide bonds. The molecule has 1 N–H and O–H groups in total. The van der Waals surface area contributed by atoms with Crippen LogP contribution in [-0.4, -0.2) is 40.8 Å². The quantitative estimate of drug-likeness (QED) is 0.657. The van der Waals surface area contributed by atoms with Gasteiger partial charge in [0.15, 0.2) is 0 Å². The van der Waals surface area contributed by atoms with Gasteiger partial charge in [0.2, 0.25) is 10.0 Å². The van der Waals surface area contributed by atoms with Crippen molar-refractivity contribution in [2.45, 2.75) is 54.9 Å². The highest BCUT2D eigenvalue weighted by Gasteiger charge is 2.29. The highest BCUT2D eigenvalue weighted by molar-refractivity contribution is 7.92. The van der Waals surface area contributed by atoms with E-state index in [4.69, 9.17) is 4.74 Å². The molecule has 9 heteroatoms. The molecule has 164 valence electrons. The number of nitrogens with zero attached hydrogens (tertiary/aromatic N) is 1. The Hall–Kier alpha value is -2.10. The Balaban J connectivity index is 1.73. The molecule has 30 heavy (non-hydrogen) atoms. The molecule has 0 radical (unpaired) electrons. The highest BCUT2D eigenvalue weighted by atomic mass is 32.2. The third kappa shape index (κ3) is 5.14. The van der Waals surface area contributed by atoms with E-state index in [1.165, 1.54) is 40.7 Å². The van der Waals surface area contributed by atoms with Gasteiger partial charge in [-0.25, -0.2) is 16.8 Å². The monoisotopic (exact) mass is 452 g/mol. The number of sulfonamides is 2. The average molecular weight is 453 g/mol. The van der Waals surface area contributed by atoms with Crippen LogP contribution in [0.4, 0.5) is 5.69 Å². The van der Waals surface area contributed by atoms with E-state index < -0.39 is 20.0 Å². The molecule has 1 saturated carbocycles. The Bertz CT molecular complexity index is 1040. The number of rotatable bonds is 8. The molecule has 0 spiro atoms. The molecule has 7 nitrogen and oxygen atoms in total. The molecule has 0 unspecified atom stereocenters. The van der Waals surface area contributed by atoms with Gasteiger partial charge in [0.25, 0.3) is 10.0 Å². The number of hydrogen-bond donors (Lipinski definition) is 1. The molecular weight excluding hydrogens is 424 g/mol. The van der Waals surface area contributed by atoms with E-state index in [0.717, 1.165) is 32.1 Å². The first-order valence-corrected chi connectivity index (χ1v) is 13.0. The lowest BCUT2D eigenvalue weighted by Crippen LogP contribution is -2.38. The summed E-state index contributed by atoms with van der Waals surface area (Å²) in [6.45, 7) is 2.35. The molecule has 0 aliphatic heterocycles. The van der Waals surface area contributed by atoms with Gasteiger partial charge in [-0.3, -0.25) is 4.72 Å². The molecule has 0 saturated heterocycles. The van der Waals surface area contributed by atoms with Crippen LogP contribution in [0.5, 0.6) is 5.75 Å². The van der Waals surface area contributed by atoms with Gasteiger partial charge in [0.05, 0.1) is 16.4 Å². The fourth-order valence-corrected chi connectivity index (χ4v) is 6.07. The number of hydrogen-bond acceptors (Lipinski definition) is 5. The van der Waals surface area contributed by atoms with Crippen molar-refractivity contribution in [1.82, 2.24) is 4.31 Å². The standard InChI is InChI=1S/C21H28N2O5S2/c1-3-28-19-11-15-20(16-12-19)29(24,25)22-17-9-13-21(14-10-17)30(26,27)23(2)18-7-5-4-6-8-18/h9-16,18,22H,3-8H2,1-2H3. The molecule has 0 aromatic heterocycles. The maximum atomic E-state index is 12.9. The number of nitrogens with one attached hydrogen (secondary N) is 1. The van der Waals surface area contributed by atoms with Crippen molar-refractivity contribution in [3.8, 4) is 5.75 Å². The fraction of sp³-hybridized carbons (Fsp3) is 0.429. The lowest BCUT2D eigenvalue weighted by atomic mass is 9.96. The Morgan fingerprint density at radius 1 is 0.900 bits per heavy atom. The molecule has 2 aromatic rings. The normalized spacial score (nSPS) is 15.8. The van der Waals surface area contributed by atoms with E-state index in [0.29, 0.717) is 18.0 Å². The fourth-order valence-electron chi connectivity index (χ4n) is 3.60. The Labute approximate surface area is 179 Å². The van der Waals surface area contributed by atoms with Gasteiger partial charge in [-0.2, -0.15) is 4.31 Å². The van der Waals surface area contributed by atoms with Crippen LogP contribution in [-0.2, 0) is 20.0 Å². The molecule has 0 bridgehead atoms. The van der Waals surface area contributed by atoms with Gasteiger partial charge >= 0.3 is 0 Å². The highest BCUT2D eigenvalue weighted by Crippen LogP contribution is 2.27. The van der Waals surface area contributed by atoms with E-state index in [-0.39, 0.29) is 15.8 Å². The van der Waals surface area contributed by atoms with Crippen molar-refractivity contribution in [2.75, 3.05) is 18.4 Å². The second-order valence-corrected chi connectivity index (χ2v) is 11.0. The molecule has 1 aliphatic carbocycles. The van der Waals surface area contributed by atoms with Crippen molar-refractivity contribution in [2.24, 2.45) is 0 Å². The summed E-state index contributed by atoms with van der Waals surface area (Å²) in [7, 11) is -5.79. The first-order valence-electron chi connectivity index (χ1n) is 10.1. The molecular formula is C21H28N2O5S2. The molecule has 0 heterocycles. The maximum Gasteiger partial charge on any atom is 0.261 e. The van der Waals surface area contributed by atoms with E-state index in [1.807, 2.05) is 6.92 Å². The zero-order chi connectivity index (χ0) is 21.8. The van der Waals surface area contributed by atoms with Gasteiger partial charge < -0.3 is 4.74 Å². The summed E-state index contributed by atoms with van der Waals surface area (Å²) in [5.41, 5.74) is 0.295. The van der Waals surface area contributed by atoms with Gasteiger partial charge in [-0.05, 0) is 68.3 Å². The maximum absolute atomic E-state index is 12.9. The first kappa shape index (κ1) is 22.6. The summed E-state index contributed by atoms with van der Waals surface area (Å²) >= 11 is 0. The number of benzene rings is 2. The minimum absolute atomic E-state index is 0.0154. The SMILES string of the molecule is CCOc1ccc(S(=O)(=O)Nc2ccc(S(=O)(=O)N(C)C3CCCCC3)cc2)cc1. The van der Waals surface area contributed by atoms with Crippen LogP contribution in [0.2, 0.25) is 0 Å². The van der Waals surface area contributed by atoms with Crippen LogP contribution in [0.1, 0.15) is 39.0 Å². The van der Waals surface area contributed by atoms with Crippen LogP contribution in [0.25, 0.3) is 0 Å². The van der Waals surface area contributed by atoms with E-state index in [1.54, 1.807) is 19.2 Å². The van der Waals surface area contributed by atoms with E-state index in [2.05, 4.69) is 4.72 Å². The zero-order valence-corrected chi connectivity index (χ0v) is 18.9. The Morgan fingerprint density at radius 3 is 2.03 bits per heavy atom. The molecule has 1 fully saturated rings. The third-order valence-corrected chi connectivity index (χ3v) is 8.64. The van der Waals surface area contributed by atoms with Gasteiger partial charge in [-0.15, -0.1) is 0 Å². The van der Waals surface area contributed by atoms with E-state index in [9.17, 15) is 16.8 Å². The van der Waals surface area contributed by atoms with Crippen molar-refractivity contribution in [3.05, 3.63) is 48.5 Å². The van der Waals surface area contributed by atoms with Crippen molar-refractivity contribution in [3.63, 3.8) is 0 Å². The van der Waals surface area contributed by atoms with Crippen LogP contribution >= 0.6 is 0 Å². The van der Waals surface area contributed by atoms with E-state index >= 15 is 0 Å². The Kier molecular flexibility index (Phi) is 7.05. The lowest BCUT2D eigenvalue weighted by Gasteiger charge is -2.30. The third-order valence-electron chi connectivity index (χ3n) is 5.32. The van der Waals surface area contributed by atoms with Crippen LogP contribution in [0.3, 0.4) is 0 Å². The summed E-state index contributed by atoms with van der Waals surface area (Å²) in [5, 5.41) is 0. The predicted octanol–water partition coefficient (Wildman–Crippen LogP) is 3.84. The minimum Gasteiger partial charge on any atom is -0.494 e. The van der Waals surface area contributed by atoms with Gasteiger partial charge in [-0.1, -0.05) is 19.3 Å². The summed E-state index contributed by atoms with van der Waals surface area (Å²) in [4.78, 5) is 0.249.